The van der Waals surface area contributed by atoms with Gasteiger partial charge in [0.05, 0.1) is 12.7 Å². The number of aromatic hydroxyl groups is 1. The number of methoxy groups -OCH3 is 1. The number of carbonyl (C=O) groups excluding carboxylic acids is 1. The van der Waals surface area contributed by atoms with E-state index >= 15 is 0 Å². The average molecular weight is 208 g/mol. The molecule has 0 saturated carbocycles. The number of halogens is 1. The van der Waals surface area contributed by atoms with Crippen molar-refractivity contribution in [1.82, 2.24) is 0 Å². The van der Waals surface area contributed by atoms with E-state index in [1.54, 1.807) is 0 Å². The Balaban J connectivity index is 3.50. The van der Waals surface area contributed by atoms with E-state index < -0.39 is 17.5 Å². The van der Waals surface area contributed by atoms with Crippen molar-refractivity contribution in [2.75, 3.05) is 7.11 Å². The summed E-state index contributed by atoms with van der Waals surface area (Å²) >= 11 is 0. The number of benzene rings is 1. The van der Waals surface area contributed by atoms with Crippen molar-refractivity contribution in [3.8, 4) is 18.1 Å². The largest absolute Gasteiger partial charge is 0.507 e. The molecule has 0 aliphatic heterocycles. The molecule has 0 radical (unpaired) electrons. The highest BCUT2D eigenvalue weighted by Crippen LogP contribution is 2.27. The Hall–Kier alpha value is -2.02. The lowest BCUT2D eigenvalue weighted by Crippen LogP contribution is -2.05. The molecule has 0 aliphatic rings. The summed E-state index contributed by atoms with van der Waals surface area (Å²) in [5.41, 5.74) is -0.277. The summed E-state index contributed by atoms with van der Waals surface area (Å²) in [6, 6.07) is 1.09. The molecule has 0 fully saturated rings. The van der Waals surface area contributed by atoms with E-state index in [1.807, 2.05) is 0 Å². The zero-order chi connectivity index (χ0) is 11.6. The second kappa shape index (κ2) is 4.01. The predicted octanol–water partition coefficient (Wildman–Crippen LogP) is 1.61. The first-order valence-corrected chi connectivity index (χ1v) is 4.10. The van der Waals surface area contributed by atoms with Crippen LogP contribution >= 0.6 is 0 Å². The molecule has 0 amide bonds. The third kappa shape index (κ3) is 1.77. The summed E-state index contributed by atoms with van der Waals surface area (Å²) in [5, 5.41) is 9.49. The molecule has 0 spiro atoms. The molecule has 1 rings (SSSR count). The van der Waals surface area contributed by atoms with Gasteiger partial charge in [-0.2, -0.15) is 0 Å². The molecule has 1 N–H and O–H groups in total. The second-order valence-corrected chi connectivity index (χ2v) is 2.90. The molecule has 0 saturated heterocycles. The number of esters is 1. The highest BCUT2D eigenvalue weighted by molar-refractivity contribution is 5.93. The Morgan fingerprint density at radius 3 is 2.73 bits per heavy atom. The fourth-order valence-corrected chi connectivity index (χ4v) is 1.15. The minimum Gasteiger partial charge on any atom is -0.507 e. The quantitative estimate of drug-likeness (QED) is 0.563. The monoisotopic (exact) mass is 208 g/mol. The third-order valence-electron chi connectivity index (χ3n) is 2.03. The van der Waals surface area contributed by atoms with Gasteiger partial charge in [0.2, 0.25) is 0 Å². The van der Waals surface area contributed by atoms with Crippen LogP contribution < -0.4 is 0 Å². The van der Waals surface area contributed by atoms with Crippen LogP contribution in [0.3, 0.4) is 0 Å². The van der Waals surface area contributed by atoms with Gasteiger partial charge >= 0.3 is 5.97 Å². The Bertz CT molecular complexity index is 458. The molecule has 1 aromatic rings. The van der Waals surface area contributed by atoms with Gasteiger partial charge in [0, 0.05) is 5.56 Å². The summed E-state index contributed by atoms with van der Waals surface area (Å²) in [6.07, 6.45) is 5.06. The average Bonchev–Trinajstić information content (AvgIpc) is 2.25. The molecule has 0 aliphatic carbocycles. The lowest BCUT2D eigenvalue weighted by Gasteiger charge is -2.08. The Morgan fingerprint density at radius 1 is 1.67 bits per heavy atom. The van der Waals surface area contributed by atoms with Crippen LogP contribution in [0.4, 0.5) is 4.39 Å². The zero-order valence-corrected chi connectivity index (χ0v) is 8.30. The molecule has 0 atom stereocenters. The van der Waals surface area contributed by atoms with Crippen molar-refractivity contribution in [1.29, 1.82) is 0 Å². The van der Waals surface area contributed by atoms with Crippen LogP contribution in [0.15, 0.2) is 6.07 Å². The number of phenolic OH excluding ortho intramolecular Hbond substituents is 1. The first kappa shape index (κ1) is 11.1. The first-order chi connectivity index (χ1) is 7.02. The smallest absolute Gasteiger partial charge is 0.341 e. The lowest BCUT2D eigenvalue weighted by atomic mass is 10.0. The fourth-order valence-electron chi connectivity index (χ4n) is 1.15. The third-order valence-corrected chi connectivity index (χ3v) is 2.03. The van der Waals surface area contributed by atoms with Gasteiger partial charge in [-0.25, -0.2) is 9.18 Å². The van der Waals surface area contributed by atoms with Gasteiger partial charge in [0.1, 0.15) is 17.1 Å². The van der Waals surface area contributed by atoms with Crippen molar-refractivity contribution in [2.45, 2.75) is 6.92 Å². The number of phenols is 1. The van der Waals surface area contributed by atoms with Crippen molar-refractivity contribution >= 4 is 5.97 Å². The SMILES string of the molecule is C#Cc1cc(C(=O)OC)c(O)c(C)c1F. The Morgan fingerprint density at radius 2 is 2.27 bits per heavy atom. The topological polar surface area (TPSA) is 46.5 Å². The molecule has 15 heavy (non-hydrogen) atoms. The molecular formula is C11H9FO3. The van der Waals surface area contributed by atoms with Gasteiger partial charge in [-0.15, -0.1) is 6.42 Å². The van der Waals surface area contributed by atoms with E-state index in [2.05, 4.69) is 10.7 Å². The molecule has 0 unspecified atom stereocenters. The van der Waals surface area contributed by atoms with E-state index in [0.29, 0.717) is 0 Å². The number of terminal acetylenes is 1. The summed E-state index contributed by atoms with van der Waals surface area (Å²) in [5.74, 6) is 0.180. The fraction of sp³-hybridized carbons (Fsp3) is 0.182. The minimum atomic E-state index is -0.757. The van der Waals surface area contributed by atoms with Gasteiger partial charge in [-0.3, -0.25) is 0 Å². The highest BCUT2D eigenvalue weighted by atomic mass is 19.1. The highest BCUT2D eigenvalue weighted by Gasteiger charge is 2.18. The molecule has 0 heterocycles. The van der Waals surface area contributed by atoms with Crippen LogP contribution in [-0.2, 0) is 4.74 Å². The van der Waals surface area contributed by atoms with Gasteiger partial charge < -0.3 is 9.84 Å². The maximum absolute atomic E-state index is 13.4. The maximum Gasteiger partial charge on any atom is 0.341 e. The summed E-state index contributed by atoms with van der Waals surface area (Å²) in [4.78, 5) is 11.2. The van der Waals surface area contributed by atoms with Crippen molar-refractivity contribution in [2.24, 2.45) is 0 Å². The van der Waals surface area contributed by atoms with Gasteiger partial charge in [0.25, 0.3) is 0 Å². The van der Waals surface area contributed by atoms with Crippen molar-refractivity contribution in [3.63, 3.8) is 0 Å². The summed E-state index contributed by atoms with van der Waals surface area (Å²) in [7, 11) is 1.16. The zero-order valence-electron chi connectivity index (χ0n) is 8.30. The second-order valence-electron chi connectivity index (χ2n) is 2.90. The number of hydrogen-bond acceptors (Lipinski definition) is 3. The van der Waals surface area contributed by atoms with Crippen molar-refractivity contribution < 1.29 is 19.0 Å². The van der Waals surface area contributed by atoms with Crippen LogP contribution in [0.5, 0.6) is 5.75 Å². The summed E-state index contributed by atoms with van der Waals surface area (Å²) < 4.78 is 17.8. The van der Waals surface area contributed by atoms with E-state index in [4.69, 9.17) is 6.42 Å². The Kier molecular flexibility index (Phi) is 2.96. The van der Waals surface area contributed by atoms with Crippen LogP contribution in [0.2, 0.25) is 0 Å². The molecule has 3 nitrogen and oxygen atoms in total. The lowest BCUT2D eigenvalue weighted by molar-refractivity contribution is 0.0597. The predicted molar refractivity (Wildman–Crippen MR) is 52.1 cm³/mol. The van der Waals surface area contributed by atoms with Crippen LogP contribution in [0, 0.1) is 25.1 Å². The molecule has 1 aromatic carbocycles. The van der Waals surface area contributed by atoms with E-state index in [1.165, 1.54) is 6.92 Å². The molecule has 4 heteroatoms. The maximum atomic E-state index is 13.4. The van der Waals surface area contributed by atoms with Crippen LogP contribution in [-0.4, -0.2) is 18.2 Å². The van der Waals surface area contributed by atoms with E-state index in [0.717, 1.165) is 13.2 Å². The summed E-state index contributed by atoms with van der Waals surface area (Å²) in [6.45, 7) is 1.33. The van der Waals surface area contributed by atoms with Gasteiger partial charge in [-0.1, -0.05) is 5.92 Å². The molecule has 78 valence electrons. The molecular weight excluding hydrogens is 199 g/mol. The minimum absolute atomic E-state index is 0.0640. The van der Waals surface area contributed by atoms with E-state index in [9.17, 15) is 14.3 Å². The molecule has 0 bridgehead atoms. The van der Waals surface area contributed by atoms with Crippen molar-refractivity contribution in [3.05, 3.63) is 28.6 Å². The number of carbonyl (C=O) groups is 1. The standard InChI is InChI=1S/C11H9FO3/c1-4-7-5-8(11(14)15-3)10(13)6(2)9(7)12/h1,5,13H,2-3H3. The number of hydrogen-bond donors (Lipinski definition) is 1. The first-order valence-electron chi connectivity index (χ1n) is 4.10. The van der Waals surface area contributed by atoms with Gasteiger partial charge in [-0.05, 0) is 13.0 Å². The number of rotatable bonds is 1. The van der Waals surface area contributed by atoms with Crippen LogP contribution in [0.1, 0.15) is 21.5 Å². The number of ether oxygens (including phenoxy) is 1. The van der Waals surface area contributed by atoms with Gasteiger partial charge in [0.15, 0.2) is 0 Å². The Labute approximate surface area is 86.5 Å². The molecule has 0 aromatic heterocycles. The normalized spacial score (nSPS) is 9.47. The van der Waals surface area contributed by atoms with Crippen LogP contribution in [0.25, 0.3) is 0 Å². The van der Waals surface area contributed by atoms with E-state index in [-0.39, 0.29) is 16.7 Å².